The van der Waals surface area contributed by atoms with Gasteiger partial charge in [-0.2, -0.15) is 0 Å². The zero-order valence-corrected chi connectivity index (χ0v) is 14.3. The third-order valence-corrected chi connectivity index (χ3v) is 4.13. The minimum Gasteiger partial charge on any atom is -0.426 e. The van der Waals surface area contributed by atoms with E-state index in [0.717, 1.165) is 0 Å². The number of benzene rings is 2. The minimum absolute atomic E-state index is 0.370. The van der Waals surface area contributed by atoms with E-state index in [0.29, 0.717) is 27.4 Å². The molecule has 0 saturated carbocycles. The second kappa shape index (κ2) is 6.82. The Bertz CT molecular complexity index is 855. The highest BCUT2D eigenvalue weighted by Crippen LogP contribution is 2.38. The smallest absolute Gasteiger partial charge is 0.305 e. The maximum absolute atomic E-state index is 14.0. The monoisotopic (exact) mass is 363 g/mol. The Morgan fingerprint density at radius 3 is 2.76 bits per heavy atom. The molecule has 1 amide bonds. The molecule has 0 fully saturated rings. The lowest BCUT2D eigenvalue weighted by molar-refractivity contribution is -0.187. The summed E-state index contributed by atoms with van der Waals surface area (Å²) in [6.45, 7) is 2.78. The summed E-state index contributed by atoms with van der Waals surface area (Å²) >= 11 is 6.08. The zero-order chi connectivity index (χ0) is 18.1. The van der Waals surface area contributed by atoms with Crippen LogP contribution in [0, 0.1) is 12.7 Å². The third kappa shape index (κ3) is 3.50. The van der Waals surface area contributed by atoms with E-state index in [1.165, 1.54) is 13.0 Å². The minimum atomic E-state index is -1.46. The van der Waals surface area contributed by atoms with Crippen LogP contribution < -0.4 is 5.32 Å². The molecule has 2 aromatic rings. The molecule has 2 aromatic carbocycles. The van der Waals surface area contributed by atoms with E-state index in [-0.39, 0.29) is 0 Å². The van der Waals surface area contributed by atoms with Gasteiger partial charge in [-0.25, -0.2) is 4.39 Å². The first-order valence-corrected chi connectivity index (χ1v) is 7.92. The number of halogens is 2. The lowest BCUT2D eigenvalue weighted by Gasteiger charge is -2.23. The molecule has 5 nitrogen and oxygen atoms in total. The molecule has 0 radical (unpaired) electrons. The average Bonchev–Trinajstić information content (AvgIpc) is 2.67. The van der Waals surface area contributed by atoms with Crippen LogP contribution in [0.25, 0.3) is 0 Å². The summed E-state index contributed by atoms with van der Waals surface area (Å²) in [5.74, 6) is -1.70. The molecular formula is C18H15ClFNO4. The van der Waals surface area contributed by atoms with Gasteiger partial charge in [0.25, 0.3) is 12.2 Å². The molecule has 1 heterocycles. The molecule has 0 bridgehead atoms. The first-order chi connectivity index (χ1) is 11.9. The molecule has 7 heteroatoms. The van der Waals surface area contributed by atoms with Gasteiger partial charge in [0.15, 0.2) is 0 Å². The molecule has 0 saturated heterocycles. The van der Waals surface area contributed by atoms with Crippen molar-refractivity contribution in [3.63, 3.8) is 0 Å². The third-order valence-electron chi connectivity index (χ3n) is 3.89. The number of carbonyl (C=O) groups is 2. The number of esters is 1. The summed E-state index contributed by atoms with van der Waals surface area (Å²) in [7, 11) is 0. The fourth-order valence-electron chi connectivity index (χ4n) is 2.70. The summed E-state index contributed by atoms with van der Waals surface area (Å²) in [5, 5.41) is 3.08. The quantitative estimate of drug-likeness (QED) is 0.826. The highest BCUT2D eigenvalue weighted by molar-refractivity contribution is 6.30. The average molecular weight is 364 g/mol. The van der Waals surface area contributed by atoms with E-state index in [4.69, 9.17) is 21.1 Å². The fourth-order valence-corrected chi connectivity index (χ4v) is 2.88. The number of fused-ring (bicyclic) bond motifs is 1. The van der Waals surface area contributed by atoms with Crippen LogP contribution in [-0.2, 0) is 19.1 Å². The zero-order valence-electron chi connectivity index (χ0n) is 13.5. The van der Waals surface area contributed by atoms with Gasteiger partial charge in [-0.1, -0.05) is 23.7 Å². The molecule has 0 spiro atoms. The first kappa shape index (κ1) is 17.4. The van der Waals surface area contributed by atoms with Crippen LogP contribution in [0.1, 0.15) is 29.7 Å². The van der Waals surface area contributed by atoms with Gasteiger partial charge in [0.05, 0.1) is 0 Å². The predicted molar refractivity (Wildman–Crippen MR) is 89.7 cm³/mol. The first-order valence-electron chi connectivity index (χ1n) is 7.55. The standard InChI is InChI=1S/C18H15ClFNO4/c1-9-12(4-3-5-14(9)20)16-13-8-11(19)6-7-15(13)21-17(23)18(25-16)24-10(2)22/h3-8,16,18H,1-2H3,(H,21,23)/t16-,18+/m1/s1. The molecule has 2 atom stereocenters. The van der Waals surface area contributed by atoms with Crippen LogP contribution in [0.2, 0.25) is 5.02 Å². The number of amides is 1. The number of hydrogen-bond donors (Lipinski definition) is 1. The van der Waals surface area contributed by atoms with Crippen molar-refractivity contribution >= 4 is 29.2 Å². The molecule has 1 aliphatic heterocycles. The Morgan fingerprint density at radius 2 is 2.04 bits per heavy atom. The number of anilines is 1. The topological polar surface area (TPSA) is 64.6 Å². The summed E-state index contributed by atoms with van der Waals surface area (Å²) in [6.07, 6.45) is -2.30. The second-order valence-corrected chi connectivity index (χ2v) is 6.07. The van der Waals surface area contributed by atoms with Crippen LogP contribution in [0.5, 0.6) is 0 Å². The molecule has 1 aliphatic rings. The summed E-state index contributed by atoms with van der Waals surface area (Å²) in [5.41, 5.74) is 1.88. The Morgan fingerprint density at radius 1 is 1.28 bits per heavy atom. The largest absolute Gasteiger partial charge is 0.426 e. The van der Waals surface area contributed by atoms with Crippen molar-refractivity contribution < 1.29 is 23.5 Å². The van der Waals surface area contributed by atoms with Gasteiger partial charge in [0.2, 0.25) is 0 Å². The fraction of sp³-hybridized carbons (Fsp3) is 0.222. The van der Waals surface area contributed by atoms with Gasteiger partial charge in [-0.3, -0.25) is 9.59 Å². The SMILES string of the molecule is CC(=O)O[C@H]1O[C@H](c2cccc(F)c2C)c2cc(Cl)ccc2NC1=O. The van der Waals surface area contributed by atoms with Crippen molar-refractivity contribution in [2.24, 2.45) is 0 Å². The maximum atomic E-state index is 14.0. The number of carbonyl (C=O) groups excluding carboxylic acids is 2. The summed E-state index contributed by atoms with van der Waals surface area (Å²) < 4.78 is 24.7. The van der Waals surface area contributed by atoms with Gasteiger partial charge in [-0.15, -0.1) is 0 Å². The Labute approximate surface area is 148 Å². The highest BCUT2D eigenvalue weighted by atomic mass is 35.5. The van der Waals surface area contributed by atoms with Crippen molar-refractivity contribution in [2.45, 2.75) is 26.2 Å². The molecule has 1 N–H and O–H groups in total. The van der Waals surface area contributed by atoms with Crippen molar-refractivity contribution in [3.8, 4) is 0 Å². The molecule has 0 aliphatic carbocycles. The van der Waals surface area contributed by atoms with E-state index in [2.05, 4.69) is 5.32 Å². The molecule has 0 unspecified atom stereocenters. The van der Waals surface area contributed by atoms with E-state index >= 15 is 0 Å². The maximum Gasteiger partial charge on any atom is 0.305 e. The lowest BCUT2D eigenvalue weighted by atomic mass is 9.96. The van der Waals surface area contributed by atoms with Gasteiger partial charge in [0.1, 0.15) is 11.9 Å². The predicted octanol–water partition coefficient (Wildman–Crippen LogP) is 3.73. The van der Waals surface area contributed by atoms with Crippen molar-refractivity contribution in [1.29, 1.82) is 0 Å². The normalized spacial score (nSPS) is 19.6. The van der Waals surface area contributed by atoms with Crippen molar-refractivity contribution in [3.05, 3.63) is 63.9 Å². The number of rotatable bonds is 2. The molecular weight excluding hydrogens is 349 g/mol. The van der Waals surface area contributed by atoms with E-state index in [1.54, 1.807) is 37.3 Å². The van der Waals surface area contributed by atoms with Crippen LogP contribution in [0.15, 0.2) is 36.4 Å². The van der Waals surface area contributed by atoms with E-state index < -0.39 is 30.1 Å². The Kier molecular flexibility index (Phi) is 4.74. The summed E-state index contributed by atoms with van der Waals surface area (Å²) in [4.78, 5) is 23.6. The Hall–Kier alpha value is -2.44. The summed E-state index contributed by atoms with van der Waals surface area (Å²) in [6, 6.07) is 9.43. The Balaban J connectivity index is 2.15. The number of ether oxygens (including phenoxy) is 2. The van der Waals surface area contributed by atoms with E-state index in [9.17, 15) is 14.0 Å². The lowest BCUT2D eigenvalue weighted by Crippen LogP contribution is -2.33. The highest BCUT2D eigenvalue weighted by Gasteiger charge is 2.34. The molecule has 130 valence electrons. The van der Waals surface area contributed by atoms with Crippen LogP contribution in [0.3, 0.4) is 0 Å². The van der Waals surface area contributed by atoms with Gasteiger partial charge in [-0.05, 0) is 42.3 Å². The van der Waals surface area contributed by atoms with Crippen LogP contribution in [0.4, 0.5) is 10.1 Å². The van der Waals surface area contributed by atoms with Gasteiger partial charge in [0, 0.05) is 23.2 Å². The number of hydrogen-bond acceptors (Lipinski definition) is 4. The molecule has 0 aromatic heterocycles. The van der Waals surface area contributed by atoms with Crippen LogP contribution in [-0.4, -0.2) is 18.2 Å². The molecule has 3 rings (SSSR count). The van der Waals surface area contributed by atoms with Gasteiger partial charge >= 0.3 is 5.97 Å². The number of nitrogens with one attached hydrogen (secondary N) is 1. The van der Waals surface area contributed by atoms with Crippen molar-refractivity contribution in [2.75, 3.05) is 5.32 Å². The van der Waals surface area contributed by atoms with Crippen molar-refractivity contribution in [1.82, 2.24) is 0 Å². The molecule has 25 heavy (non-hydrogen) atoms. The van der Waals surface area contributed by atoms with Crippen LogP contribution >= 0.6 is 11.6 Å². The second-order valence-electron chi connectivity index (χ2n) is 5.63. The van der Waals surface area contributed by atoms with Gasteiger partial charge < -0.3 is 14.8 Å². The van der Waals surface area contributed by atoms with E-state index in [1.807, 2.05) is 0 Å².